The molecule has 0 N–H and O–H groups in total. The summed E-state index contributed by atoms with van der Waals surface area (Å²) in [6, 6.07) is 10.3. The monoisotopic (exact) mass is 471 g/mol. The van der Waals surface area contributed by atoms with Gasteiger partial charge in [0.05, 0.1) is 10.5 Å². The molecular formula is C20H17F4N3O2S2. The highest BCUT2D eigenvalue weighted by atomic mass is 32.2. The van der Waals surface area contributed by atoms with Crippen molar-refractivity contribution in [3.63, 3.8) is 0 Å². The SMILES string of the molecule is O=S(=O)(c1ccccc1C(F)(F)F)N1CCC[C@H](c2nnc(-c3ccccc3F)s2)C1. The van der Waals surface area contributed by atoms with Crippen LogP contribution in [0.3, 0.4) is 0 Å². The minimum Gasteiger partial charge on any atom is -0.207 e. The molecule has 31 heavy (non-hydrogen) atoms. The summed E-state index contributed by atoms with van der Waals surface area (Å²) in [5.41, 5.74) is -0.888. The van der Waals surface area contributed by atoms with E-state index in [1.807, 2.05) is 0 Å². The van der Waals surface area contributed by atoms with Crippen molar-refractivity contribution in [3.8, 4) is 10.6 Å². The van der Waals surface area contributed by atoms with Gasteiger partial charge >= 0.3 is 6.18 Å². The fourth-order valence-electron chi connectivity index (χ4n) is 3.57. The van der Waals surface area contributed by atoms with Gasteiger partial charge in [0.1, 0.15) is 10.8 Å². The van der Waals surface area contributed by atoms with Crippen molar-refractivity contribution in [2.24, 2.45) is 0 Å². The third kappa shape index (κ3) is 4.35. The third-order valence-electron chi connectivity index (χ3n) is 5.09. The van der Waals surface area contributed by atoms with Crippen LogP contribution in [-0.4, -0.2) is 36.0 Å². The van der Waals surface area contributed by atoms with Crippen molar-refractivity contribution >= 4 is 21.4 Å². The van der Waals surface area contributed by atoms with E-state index in [1.54, 1.807) is 18.2 Å². The molecule has 11 heteroatoms. The predicted octanol–water partition coefficient (Wildman–Crippen LogP) is 4.93. The Bertz CT molecular complexity index is 1190. The van der Waals surface area contributed by atoms with Crippen molar-refractivity contribution in [1.82, 2.24) is 14.5 Å². The second-order valence-corrected chi connectivity index (χ2v) is 10.0. The van der Waals surface area contributed by atoms with Crippen LogP contribution in [0.15, 0.2) is 53.4 Å². The standard InChI is InChI=1S/C20H17F4N3O2S2/c21-16-9-3-1-7-14(16)19-26-25-18(30-19)13-6-5-11-27(12-13)31(28,29)17-10-4-2-8-15(17)20(22,23)24/h1-4,7-10,13H,5-6,11-12H2/t13-/m0/s1. The van der Waals surface area contributed by atoms with Crippen LogP contribution in [0.2, 0.25) is 0 Å². The number of benzene rings is 2. The van der Waals surface area contributed by atoms with E-state index in [4.69, 9.17) is 0 Å². The topological polar surface area (TPSA) is 63.2 Å². The number of piperidine rings is 1. The van der Waals surface area contributed by atoms with Crippen molar-refractivity contribution in [3.05, 3.63) is 64.9 Å². The second kappa shape index (κ2) is 8.29. The minimum atomic E-state index is -4.78. The van der Waals surface area contributed by atoms with Crippen molar-refractivity contribution in [2.75, 3.05) is 13.1 Å². The summed E-state index contributed by atoms with van der Waals surface area (Å²) >= 11 is 1.16. The van der Waals surface area contributed by atoms with Gasteiger partial charge in [-0.3, -0.25) is 0 Å². The van der Waals surface area contributed by atoms with Gasteiger partial charge in [0.25, 0.3) is 0 Å². The molecule has 4 rings (SSSR count). The lowest BCUT2D eigenvalue weighted by Crippen LogP contribution is -2.39. The van der Waals surface area contributed by atoms with Gasteiger partial charge in [0, 0.05) is 24.6 Å². The summed E-state index contributed by atoms with van der Waals surface area (Å²) in [6.45, 7) is 0.102. The average molecular weight is 472 g/mol. The smallest absolute Gasteiger partial charge is 0.207 e. The van der Waals surface area contributed by atoms with Gasteiger partial charge in [-0.15, -0.1) is 10.2 Å². The van der Waals surface area contributed by atoms with E-state index in [-0.39, 0.29) is 19.0 Å². The zero-order chi connectivity index (χ0) is 22.2. The maximum Gasteiger partial charge on any atom is 0.417 e. The first-order chi connectivity index (χ1) is 14.7. The van der Waals surface area contributed by atoms with Crippen molar-refractivity contribution in [2.45, 2.75) is 29.8 Å². The molecule has 2 heterocycles. The quantitative estimate of drug-likeness (QED) is 0.506. The van der Waals surface area contributed by atoms with Gasteiger partial charge in [0.2, 0.25) is 10.0 Å². The van der Waals surface area contributed by atoms with E-state index in [2.05, 4.69) is 10.2 Å². The van der Waals surface area contributed by atoms with Gasteiger partial charge in [-0.1, -0.05) is 35.6 Å². The number of halogens is 4. The lowest BCUT2D eigenvalue weighted by molar-refractivity contribution is -0.139. The predicted molar refractivity (Wildman–Crippen MR) is 107 cm³/mol. The molecule has 0 amide bonds. The van der Waals surface area contributed by atoms with Crippen LogP contribution < -0.4 is 0 Å². The summed E-state index contributed by atoms with van der Waals surface area (Å²) in [6.07, 6.45) is -3.71. The number of hydrogen-bond acceptors (Lipinski definition) is 5. The zero-order valence-electron chi connectivity index (χ0n) is 16.0. The van der Waals surface area contributed by atoms with Crippen LogP contribution in [0.25, 0.3) is 10.6 Å². The molecule has 1 aromatic heterocycles. The van der Waals surface area contributed by atoms with Crippen molar-refractivity contribution < 1.29 is 26.0 Å². The van der Waals surface area contributed by atoms with Crippen LogP contribution in [0, 0.1) is 5.82 Å². The van der Waals surface area contributed by atoms with Crippen molar-refractivity contribution in [1.29, 1.82) is 0 Å². The van der Waals surface area contributed by atoms with E-state index in [0.717, 1.165) is 33.8 Å². The van der Waals surface area contributed by atoms with Crippen LogP contribution >= 0.6 is 11.3 Å². The molecule has 0 spiro atoms. The molecule has 0 radical (unpaired) electrons. The number of rotatable bonds is 4. The Kier molecular flexibility index (Phi) is 5.84. The van der Waals surface area contributed by atoms with Crippen LogP contribution in [0.4, 0.5) is 17.6 Å². The second-order valence-electron chi connectivity index (χ2n) is 7.12. The fourth-order valence-corrected chi connectivity index (χ4v) is 6.30. The molecule has 2 aromatic carbocycles. The molecule has 0 bridgehead atoms. The molecule has 0 saturated carbocycles. The normalized spacial score (nSPS) is 18.3. The maximum absolute atomic E-state index is 14.0. The molecule has 164 valence electrons. The summed E-state index contributed by atoms with van der Waals surface area (Å²) < 4.78 is 81.2. The number of sulfonamides is 1. The first kappa shape index (κ1) is 21.8. The Hall–Kier alpha value is -2.37. The average Bonchev–Trinajstić information content (AvgIpc) is 3.24. The summed E-state index contributed by atoms with van der Waals surface area (Å²) in [5.74, 6) is -0.776. The largest absolute Gasteiger partial charge is 0.417 e. The fraction of sp³-hybridized carbons (Fsp3) is 0.300. The molecule has 1 atom stereocenters. The molecule has 1 aliphatic rings. The molecule has 1 aliphatic heterocycles. The molecule has 1 saturated heterocycles. The summed E-state index contributed by atoms with van der Waals surface area (Å²) in [5, 5.41) is 9.03. The highest BCUT2D eigenvalue weighted by molar-refractivity contribution is 7.89. The molecular weight excluding hydrogens is 454 g/mol. The first-order valence-corrected chi connectivity index (χ1v) is 11.7. The van der Waals surface area contributed by atoms with E-state index in [9.17, 15) is 26.0 Å². The Morgan fingerprint density at radius 2 is 1.74 bits per heavy atom. The van der Waals surface area contributed by atoms with Gasteiger partial charge in [-0.25, -0.2) is 12.8 Å². The number of hydrogen-bond donors (Lipinski definition) is 0. The Balaban J connectivity index is 1.61. The van der Waals surface area contributed by atoms with E-state index in [1.165, 1.54) is 12.1 Å². The van der Waals surface area contributed by atoms with Gasteiger partial charge < -0.3 is 0 Å². The van der Waals surface area contributed by atoms with E-state index in [0.29, 0.717) is 28.4 Å². The number of aromatic nitrogens is 2. The lowest BCUT2D eigenvalue weighted by Gasteiger charge is -2.31. The minimum absolute atomic E-state index is 0.0135. The molecule has 0 aliphatic carbocycles. The lowest BCUT2D eigenvalue weighted by atomic mass is 10.0. The first-order valence-electron chi connectivity index (χ1n) is 9.42. The molecule has 5 nitrogen and oxygen atoms in total. The molecule has 1 fully saturated rings. The third-order valence-corrected chi connectivity index (χ3v) is 8.13. The molecule has 0 unspecified atom stereocenters. The maximum atomic E-state index is 14.0. The van der Waals surface area contributed by atoms with Crippen LogP contribution in [0.5, 0.6) is 0 Å². The summed E-state index contributed by atoms with van der Waals surface area (Å²) in [4.78, 5) is -0.757. The van der Waals surface area contributed by atoms with Gasteiger partial charge in [-0.2, -0.15) is 17.5 Å². The summed E-state index contributed by atoms with van der Waals surface area (Å²) in [7, 11) is -4.36. The molecule has 3 aromatic rings. The van der Waals surface area contributed by atoms with E-state index >= 15 is 0 Å². The van der Waals surface area contributed by atoms with Crippen LogP contribution in [0.1, 0.15) is 29.3 Å². The number of nitrogens with zero attached hydrogens (tertiary/aromatic N) is 3. The highest BCUT2D eigenvalue weighted by Gasteiger charge is 2.40. The Morgan fingerprint density at radius 3 is 2.48 bits per heavy atom. The van der Waals surface area contributed by atoms with Gasteiger partial charge in [-0.05, 0) is 37.1 Å². The zero-order valence-corrected chi connectivity index (χ0v) is 17.6. The highest BCUT2D eigenvalue weighted by Crippen LogP contribution is 2.38. The Morgan fingerprint density at radius 1 is 1.03 bits per heavy atom. The Labute approximate surface area is 180 Å². The van der Waals surface area contributed by atoms with E-state index < -0.39 is 32.5 Å². The van der Waals surface area contributed by atoms with Crippen LogP contribution in [-0.2, 0) is 16.2 Å². The number of alkyl halides is 3. The van der Waals surface area contributed by atoms with Gasteiger partial charge in [0.15, 0.2) is 5.01 Å².